The zero-order valence-corrected chi connectivity index (χ0v) is 15.0. The van der Waals surface area contributed by atoms with Gasteiger partial charge in [-0.25, -0.2) is 0 Å². The maximum atomic E-state index is 13.7. The number of phenolic OH excluding ortho intramolecular Hbond substituents is 2. The van der Waals surface area contributed by atoms with Gasteiger partial charge in [-0.3, -0.25) is 4.79 Å². The minimum atomic E-state index is -4.70. The summed E-state index contributed by atoms with van der Waals surface area (Å²) in [5.74, 6) is -1.17. The molecule has 0 saturated heterocycles. The number of nitrogens with zero attached hydrogens (tertiary/aromatic N) is 1. The average molecular weight is 379 g/mol. The molecule has 0 saturated carbocycles. The molecule has 0 atom stereocenters. The predicted octanol–water partition coefficient (Wildman–Crippen LogP) is 4.65. The maximum absolute atomic E-state index is 13.7. The van der Waals surface area contributed by atoms with Crippen LogP contribution in [0.4, 0.5) is 18.9 Å². The smallest absolute Gasteiger partial charge is 0.417 e. The third kappa shape index (κ3) is 3.22. The first-order chi connectivity index (χ1) is 12.7. The lowest BCUT2D eigenvalue weighted by Gasteiger charge is -2.21. The van der Waals surface area contributed by atoms with Crippen LogP contribution in [0.15, 0.2) is 24.3 Å². The second-order valence-electron chi connectivity index (χ2n) is 6.56. The molecule has 0 fully saturated rings. The lowest BCUT2D eigenvalue weighted by molar-refractivity contribution is -0.137. The molecule has 4 nitrogen and oxygen atoms in total. The van der Waals surface area contributed by atoms with Crippen molar-refractivity contribution in [2.75, 3.05) is 11.4 Å². The lowest BCUT2D eigenvalue weighted by atomic mass is 9.90. The Balaban J connectivity index is 2.33. The molecule has 27 heavy (non-hydrogen) atoms. The summed E-state index contributed by atoms with van der Waals surface area (Å²) in [6, 6.07) is 4.91. The van der Waals surface area contributed by atoms with Crippen molar-refractivity contribution in [1.29, 1.82) is 0 Å². The van der Waals surface area contributed by atoms with Gasteiger partial charge in [-0.05, 0) is 48.7 Å². The summed E-state index contributed by atoms with van der Waals surface area (Å²) in [5.41, 5.74) is -0.427. The number of aromatic hydroxyl groups is 2. The number of rotatable bonds is 4. The molecular formula is C20H20F3NO3. The lowest BCUT2D eigenvalue weighted by Crippen LogP contribution is -2.25. The molecule has 2 N–H and O–H groups in total. The van der Waals surface area contributed by atoms with Crippen LogP contribution in [0.2, 0.25) is 0 Å². The van der Waals surface area contributed by atoms with E-state index in [9.17, 15) is 28.2 Å². The summed E-state index contributed by atoms with van der Waals surface area (Å²) in [6.45, 7) is 3.97. The number of benzene rings is 2. The summed E-state index contributed by atoms with van der Waals surface area (Å²) < 4.78 is 41.0. The van der Waals surface area contributed by atoms with Crippen molar-refractivity contribution in [2.45, 2.75) is 39.3 Å². The first-order valence-corrected chi connectivity index (χ1v) is 8.77. The van der Waals surface area contributed by atoms with E-state index in [1.807, 2.05) is 6.92 Å². The number of halogens is 3. The van der Waals surface area contributed by atoms with E-state index in [1.54, 1.807) is 6.92 Å². The Labute approximate surface area is 154 Å². The molecule has 2 aromatic rings. The van der Waals surface area contributed by atoms with Crippen molar-refractivity contribution in [3.05, 3.63) is 41.0 Å². The van der Waals surface area contributed by atoms with Gasteiger partial charge in [-0.2, -0.15) is 13.2 Å². The van der Waals surface area contributed by atoms with Gasteiger partial charge in [-0.15, -0.1) is 0 Å². The van der Waals surface area contributed by atoms with Gasteiger partial charge in [0.25, 0.3) is 0 Å². The molecule has 144 valence electrons. The Hall–Kier alpha value is -2.70. The van der Waals surface area contributed by atoms with E-state index in [1.165, 1.54) is 23.1 Å². The van der Waals surface area contributed by atoms with E-state index in [2.05, 4.69) is 0 Å². The molecule has 0 aliphatic carbocycles. The number of likely N-dealkylation sites (N-methyl/N-ethyl adjacent to an activating group) is 1. The second-order valence-corrected chi connectivity index (χ2v) is 6.56. The van der Waals surface area contributed by atoms with Gasteiger partial charge in [0.2, 0.25) is 5.91 Å². The third-order valence-corrected chi connectivity index (χ3v) is 4.77. The van der Waals surface area contributed by atoms with Gasteiger partial charge in [0.15, 0.2) is 0 Å². The van der Waals surface area contributed by atoms with Crippen molar-refractivity contribution < 1.29 is 28.2 Å². The van der Waals surface area contributed by atoms with Crippen LogP contribution in [-0.4, -0.2) is 22.7 Å². The van der Waals surface area contributed by atoms with Gasteiger partial charge in [0, 0.05) is 17.8 Å². The normalized spacial score (nSPS) is 14.0. The van der Waals surface area contributed by atoms with Gasteiger partial charge >= 0.3 is 6.18 Å². The van der Waals surface area contributed by atoms with Crippen molar-refractivity contribution in [3.63, 3.8) is 0 Å². The first-order valence-electron chi connectivity index (χ1n) is 8.77. The number of carbonyl (C=O) groups is 1. The van der Waals surface area contributed by atoms with Gasteiger partial charge in [0.05, 0.1) is 17.5 Å². The van der Waals surface area contributed by atoms with Crippen LogP contribution < -0.4 is 4.90 Å². The number of amides is 1. The topological polar surface area (TPSA) is 60.8 Å². The van der Waals surface area contributed by atoms with Gasteiger partial charge in [-0.1, -0.05) is 13.3 Å². The highest BCUT2D eigenvalue weighted by Gasteiger charge is 2.40. The second kappa shape index (κ2) is 6.79. The van der Waals surface area contributed by atoms with Crippen LogP contribution in [0, 0.1) is 0 Å². The highest BCUT2D eigenvalue weighted by atomic mass is 19.4. The van der Waals surface area contributed by atoms with Crippen molar-refractivity contribution in [3.8, 4) is 22.6 Å². The monoisotopic (exact) mass is 379 g/mol. The van der Waals surface area contributed by atoms with E-state index in [0.717, 1.165) is 12.5 Å². The van der Waals surface area contributed by atoms with Gasteiger partial charge < -0.3 is 15.1 Å². The molecule has 1 aliphatic heterocycles. The highest BCUT2D eigenvalue weighted by Crippen LogP contribution is 2.50. The SMILES string of the molecule is CCCc1cc(O)c(-c2c(C(F)(F)F)ccc3c2CC(=O)N3CC)c(O)c1. The molecule has 0 unspecified atom stereocenters. The number of phenols is 2. The summed E-state index contributed by atoms with van der Waals surface area (Å²) in [6.07, 6.45) is -3.58. The number of carbonyl (C=O) groups excluding carboxylic acids is 1. The van der Waals surface area contributed by atoms with Crippen LogP contribution in [0.25, 0.3) is 11.1 Å². The number of fused-ring (bicyclic) bond motifs is 1. The van der Waals surface area contributed by atoms with Gasteiger partial charge in [0.1, 0.15) is 11.5 Å². The number of aryl methyl sites for hydroxylation is 1. The summed E-state index contributed by atoms with van der Waals surface area (Å²) >= 11 is 0. The number of alkyl halides is 3. The van der Waals surface area contributed by atoms with E-state index >= 15 is 0 Å². The van der Waals surface area contributed by atoms with Crippen LogP contribution in [0.3, 0.4) is 0 Å². The Morgan fingerprint density at radius 2 is 1.70 bits per heavy atom. The Kier molecular flexibility index (Phi) is 4.80. The zero-order chi connectivity index (χ0) is 19.9. The predicted molar refractivity (Wildman–Crippen MR) is 95.9 cm³/mol. The number of hydrogen-bond donors (Lipinski definition) is 2. The Morgan fingerprint density at radius 1 is 1.07 bits per heavy atom. The molecule has 7 heteroatoms. The fourth-order valence-corrected chi connectivity index (χ4v) is 3.68. The molecule has 1 amide bonds. The van der Waals surface area contributed by atoms with Crippen molar-refractivity contribution >= 4 is 11.6 Å². The molecule has 1 aliphatic rings. The maximum Gasteiger partial charge on any atom is 0.417 e. The Bertz CT molecular complexity index is 883. The minimum Gasteiger partial charge on any atom is -0.507 e. The molecule has 0 radical (unpaired) electrons. The fourth-order valence-electron chi connectivity index (χ4n) is 3.68. The summed E-state index contributed by atoms with van der Waals surface area (Å²) in [5, 5.41) is 20.9. The molecular weight excluding hydrogens is 359 g/mol. The first kappa shape index (κ1) is 19.1. The fraction of sp³-hybridized carbons (Fsp3) is 0.350. The van der Waals surface area contributed by atoms with E-state index in [0.29, 0.717) is 24.2 Å². The largest absolute Gasteiger partial charge is 0.507 e. The summed E-state index contributed by atoms with van der Waals surface area (Å²) in [4.78, 5) is 13.6. The van der Waals surface area contributed by atoms with Crippen LogP contribution in [0.5, 0.6) is 11.5 Å². The molecule has 3 rings (SSSR count). The number of hydrogen-bond acceptors (Lipinski definition) is 3. The quantitative estimate of drug-likeness (QED) is 0.813. The number of anilines is 1. The molecule has 1 heterocycles. The average Bonchev–Trinajstić information content (AvgIpc) is 2.89. The van der Waals surface area contributed by atoms with E-state index in [4.69, 9.17) is 0 Å². The highest BCUT2D eigenvalue weighted by molar-refractivity contribution is 6.05. The minimum absolute atomic E-state index is 0.172. The van der Waals surface area contributed by atoms with Crippen molar-refractivity contribution in [1.82, 2.24) is 0 Å². The van der Waals surface area contributed by atoms with Crippen LogP contribution in [0.1, 0.15) is 37.0 Å². The Morgan fingerprint density at radius 3 is 2.22 bits per heavy atom. The molecule has 0 aromatic heterocycles. The zero-order valence-electron chi connectivity index (χ0n) is 15.0. The molecule has 0 bridgehead atoms. The third-order valence-electron chi connectivity index (χ3n) is 4.77. The van der Waals surface area contributed by atoms with Crippen molar-refractivity contribution in [2.24, 2.45) is 0 Å². The molecule has 2 aromatic carbocycles. The van der Waals surface area contributed by atoms with Crippen LogP contribution in [-0.2, 0) is 23.8 Å². The summed E-state index contributed by atoms with van der Waals surface area (Å²) in [7, 11) is 0. The molecule has 0 spiro atoms. The van der Waals surface area contributed by atoms with E-state index in [-0.39, 0.29) is 29.0 Å². The van der Waals surface area contributed by atoms with E-state index < -0.39 is 23.2 Å². The van der Waals surface area contributed by atoms with Crippen LogP contribution >= 0.6 is 0 Å². The standard InChI is InChI=1S/C20H20F3NO3/c1-3-5-11-8-15(25)19(16(26)9-11)18-12-10-17(27)24(4-2)14(12)7-6-13(18)20(21,22)23/h6-9,25-26H,3-5,10H2,1-2H3.